The van der Waals surface area contributed by atoms with E-state index in [1.54, 1.807) is 0 Å². The molecule has 2 aliphatic heterocycles. The summed E-state index contributed by atoms with van der Waals surface area (Å²) in [6.07, 6.45) is 1.82. The first-order chi connectivity index (χ1) is 10.8. The number of nitrogens with zero attached hydrogens (tertiary/aromatic N) is 2. The highest BCUT2D eigenvalue weighted by Crippen LogP contribution is 2.37. The zero-order chi connectivity index (χ0) is 15.0. The first-order valence-electron chi connectivity index (χ1n) is 7.57. The fourth-order valence-corrected chi connectivity index (χ4v) is 3.46. The molecule has 2 aliphatic rings. The summed E-state index contributed by atoms with van der Waals surface area (Å²) in [5, 5.41) is 14.1. The largest absolute Gasteiger partial charge is 0.381 e. The minimum Gasteiger partial charge on any atom is -0.381 e. The Morgan fingerprint density at radius 2 is 2.09 bits per heavy atom. The summed E-state index contributed by atoms with van der Waals surface area (Å²) in [6.45, 7) is 2.80. The van der Waals surface area contributed by atoms with Crippen LogP contribution in [0.25, 0.3) is 11.0 Å². The van der Waals surface area contributed by atoms with Crippen molar-refractivity contribution in [2.45, 2.75) is 25.4 Å². The summed E-state index contributed by atoms with van der Waals surface area (Å²) in [4.78, 5) is 12.2. The number of rotatable bonds is 3. The van der Waals surface area contributed by atoms with E-state index in [4.69, 9.17) is 9.37 Å². The Morgan fingerprint density at radius 1 is 1.27 bits per heavy atom. The van der Waals surface area contributed by atoms with Gasteiger partial charge in [-0.25, -0.2) is 4.63 Å². The van der Waals surface area contributed by atoms with Gasteiger partial charge in [0.2, 0.25) is 5.91 Å². The van der Waals surface area contributed by atoms with Gasteiger partial charge in [-0.05, 0) is 40.9 Å². The maximum absolute atomic E-state index is 12.2. The second-order valence-corrected chi connectivity index (χ2v) is 6.09. The zero-order valence-corrected chi connectivity index (χ0v) is 12.2. The molecular formula is C15H18N4O3. The highest BCUT2D eigenvalue weighted by molar-refractivity contribution is 5.85. The zero-order valence-electron chi connectivity index (χ0n) is 12.2. The average Bonchev–Trinajstić information content (AvgIpc) is 3.12. The molecule has 2 saturated heterocycles. The van der Waals surface area contributed by atoms with Gasteiger partial charge >= 0.3 is 0 Å². The smallest absolute Gasteiger partial charge is 0.237 e. The molecule has 1 spiro atoms. The van der Waals surface area contributed by atoms with E-state index in [1.165, 1.54) is 0 Å². The van der Waals surface area contributed by atoms with Crippen LogP contribution in [0.5, 0.6) is 0 Å². The highest BCUT2D eigenvalue weighted by atomic mass is 16.6. The molecule has 2 fully saturated rings. The van der Waals surface area contributed by atoms with Crippen LogP contribution in [-0.4, -0.2) is 42.0 Å². The number of ether oxygens (including phenoxy) is 1. The predicted octanol–water partition coefficient (Wildman–Crippen LogP) is 0.608. The van der Waals surface area contributed by atoms with Crippen molar-refractivity contribution in [3.05, 3.63) is 23.8 Å². The van der Waals surface area contributed by atoms with Crippen LogP contribution in [0.3, 0.4) is 0 Å². The fraction of sp³-hybridized carbons (Fsp3) is 0.533. The van der Waals surface area contributed by atoms with Crippen LogP contribution in [-0.2, 0) is 16.1 Å². The Labute approximate surface area is 127 Å². The van der Waals surface area contributed by atoms with Gasteiger partial charge in [0.15, 0.2) is 0 Å². The number of fused-ring (bicyclic) bond motifs is 1. The minimum atomic E-state index is -0.164. The maximum Gasteiger partial charge on any atom is 0.237 e. The fourth-order valence-electron chi connectivity index (χ4n) is 3.46. The van der Waals surface area contributed by atoms with Crippen molar-refractivity contribution in [1.29, 1.82) is 0 Å². The first-order valence-corrected chi connectivity index (χ1v) is 7.57. The van der Waals surface area contributed by atoms with E-state index < -0.39 is 0 Å². The van der Waals surface area contributed by atoms with Crippen molar-refractivity contribution in [2.24, 2.45) is 5.41 Å². The van der Waals surface area contributed by atoms with Gasteiger partial charge in [0, 0.05) is 31.7 Å². The number of carbonyl (C=O) groups is 1. The third kappa shape index (κ3) is 2.26. The van der Waals surface area contributed by atoms with Crippen LogP contribution in [0.15, 0.2) is 22.8 Å². The molecule has 1 atom stereocenters. The van der Waals surface area contributed by atoms with E-state index in [9.17, 15) is 4.79 Å². The normalized spacial score (nSPS) is 24.0. The Morgan fingerprint density at radius 3 is 2.95 bits per heavy atom. The summed E-state index contributed by atoms with van der Waals surface area (Å²) in [7, 11) is 0. The van der Waals surface area contributed by atoms with E-state index in [1.807, 2.05) is 18.2 Å². The van der Waals surface area contributed by atoms with E-state index in [2.05, 4.69) is 20.9 Å². The van der Waals surface area contributed by atoms with Gasteiger partial charge in [0.25, 0.3) is 0 Å². The SMILES string of the molecule is O=C1NCC2(CCOCC2)C1NCc1ccc2nonc2c1. The Kier molecular flexibility index (Phi) is 3.31. The lowest BCUT2D eigenvalue weighted by Gasteiger charge is -2.36. The molecule has 1 aromatic heterocycles. The van der Waals surface area contributed by atoms with Gasteiger partial charge in [-0.2, -0.15) is 0 Å². The number of aromatic nitrogens is 2. The van der Waals surface area contributed by atoms with Crippen LogP contribution in [0.2, 0.25) is 0 Å². The number of nitrogens with one attached hydrogen (secondary N) is 2. The quantitative estimate of drug-likeness (QED) is 0.863. The lowest BCUT2D eigenvalue weighted by atomic mass is 9.76. The van der Waals surface area contributed by atoms with Gasteiger partial charge in [-0.15, -0.1) is 0 Å². The standard InChI is InChI=1S/C15H18N4O3/c20-14-13(15(9-17-14)3-5-21-6-4-15)16-8-10-1-2-11-12(7-10)19-22-18-11/h1-2,7,13,16H,3-6,8-9H2,(H,17,20). The molecule has 0 aliphatic carbocycles. The third-order valence-corrected chi connectivity index (χ3v) is 4.81. The highest BCUT2D eigenvalue weighted by Gasteiger charge is 2.48. The van der Waals surface area contributed by atoms with Crippen molar-refractivity contribution < 1.29 is 14.2 Å². The molecule has 116 valence electrons. The molecule has 2 aromatic rings. The second-order valence-electron chi connectivity index (χ2n) is 6.09. The molecule has 2 N–H and O–H groups in total. The second kappa shape index (κ2) is 5.33. The number of hydrogen-bond donors (Lipinski definition) is 2. The molecule has 0 bridgehead atoms. The van der Waals surface area contributed by atoms with Crippen molar-refractivity contribution in [3.8, 4) is 0 Å². The molecule has 1 unspecified atom stereocenters. The van der Waals surface area contributed by atoms with Crippen LogP contribution < -0.4 is 10.6 Å². The first kappa shape index (κ1) is 13.7. The summed E-state index contributed by atoms with van der Waals surface area (Å²) in [5.74, 6) is 0.0890. The van der Waals surface area contributed by atoms with Crippen LogP contribution in [0.4, 0.5) is 0 Å². The molecule has 22 heavy (non-hydrogen) atoms. The van der Waals surface area contributed by atoms with Crippen molar-refractivity contribution in [2.75, 3.05) is 19.8 Å². The lowest BCUT2D eigenvalue weighted by molar-refractivity contribution is -0.122. The van der Waals surface area contributed by atoms with E-state index in [-0.39, 0.29) is 17.4 Å². The van der Waals surface area contributed by atoms with E-state index in [0.717, 1.165) is 49.2 Å². The minimum absolute atomic E-state index is 0.0190. The van der Waals surface area contributed by atoms with Crippen LogP contribution in [0.1, 0.15) is 18.4 Å². The molecule has 1 aromatic carbocycles. The number of carbonyl (C=O) groups excluding carboxylic acids is 1. The lowest BCUT2D eigenvalue weighted by Crippen LogP contribution is -2.49. The molecule has 3 heterocycles. The molecule has 0 saturated carbocycles. The van der Waals surface area contributed by atoms with Gasteiger partial charge in [0.05, 0.1) is 6.04 Å². The van der Waals surface area contributed by atoms with Crippen molar-refractivity contribution >= 4 is 16.9 Å². The molecule has 4 rings (SSSR count). The Bertz CT molecular complexity index is 693. The topological polar surface area (TPSA) is 89.3 Å². The van der Waals surface area contributed by atoms with Gasteiger partial charge in [-0.3, -0.25) is 4.79 Å². The number of amides is 1. The summed E-state index contributed by atoms with van der Waals surface area (Å²) in [5.41, 5.74) is 2.51. The van der Waals surface area contributed by atoms with E-state index in [0.29, 0.717) is 6.54 Å². The molecule has 0 radical (unpaired) electrons. The number of benzene rings is 1. The Balaban J connectivity index is 1.50. The van der Waals surface area contributed by atoms with Gasteiger partial charge in [0.1, 0.15) is 11.0 Å². The average molecular weight is 302 g/mol. The third-order valence-electron chi connectivity index (χ3n) is 4.81. The molecular weight excluding hydrogens is 284 g/mol. The predicted molar refractivity (Wildman–Crippen MR) is 77.9 cm³/mol. The summed E-state index contributed by atoms with van der Waals surface area (Å²) < 4.78 is 10.2. The van der Waals surface area contributed by atoms with Gasteiger partial charge in [-0.1, -0.05) is 6.07 Å². The molecule has 7 nitrogen and oxygen atoms in total. The summed E-state index contributed by atoms with van der Waals surface area (Å²) in [6, 6.07) is 5.62. The van der Waals surface area contributed by atoms with Crippen LogP contribution >= 0.6 is 0 Å². The van der Waals surface area contributed by atoms with Crippen molar-refractivity contribution in [3.63, 3.8) is 0 Å². The number of hydrogen-bond acceptors (Lipinski definition) is 6. The van der Waals surface area contributed by atoms with Gasteiger partial charge < -0.3 is 15.4 Å². The molecule has 1 amide bonds. The monoisotopic (exact) mass is 302 g/mol. The van der Waals surface area contributed by atoms with Crippen LogP contribution in [0, 0.1) is 5.41 Å². The summed E-state index contributed by atoms with van der Waals surface area (Å²) >= 11 is 0. The molecule has 7 heteroatoms. The van der Waals surface area contributed by atoms with E-state index >= 15 is 0 Å². The maximum atomic E-state index is 12.2. The Hall–Kier alpha value is -1.99. The van der Waals surface area contributed by atoms with Crippen molar-refractivity contribution in [1.82, 2.24) is 20.9 Å².